The molecule has 0 aliphatic heterocycles. The van der Waals surface area contributed by atoms with Crippen molar-refractivity contribution in [3.63, 3.8) is 0 Å². The van der Waals surface area contributed by atoms with Crippen LogP contribution in [0.1, 0.15) is 30.4 Å². The van der Waals surface area contributed by atoms with Crippen molar-refractivity contribution in [3.8, 4) is 0 Å². The molecule has 1 fully saturated rings. The first-order chi connectivity index (χ1) is 8.79. The third-order valence-corrected chi connectivity index (χ3v) is 4.00. The van der Waals surface area contributed by atoms with Crippen LogP contribution in [0.2, 0.25) is 0 Å². The van der Waals surface area contributed by atoms with Crippen molar-refractivity contribution in [2.45, 2.75) is 31.5 Å². The molecule has 102 valence electrons. The number of nitrogens with two attached hydrogens (primary N) is 1. The molecule has 1 aromatic carbocycles. The molecule has 2 N–H and O–H groups in total. The van der Waals surface area contributed by atoms with Crippen LogP contribution >= 0.6 is 0 Å². The standard InChI is InChI=1S/C14H13F4N/c15-12-3-9(14(16,17)18)1-2-11(12)8-4-13(5-8)6-10(19)7-13/h1-4,10H,5-7,19H2. The lowest BCUT2D eigenvalue weighted by Crippen LogP contribution is -2.48. The first kappa shape index (κ1) is 12.7. The van der Waals surface area contributed by atoms with Crippen molar-refractivity contribution in [3.05, 3.63) is 41.2 Å². The molecular formula is C14H13F4N. The molecule has 1 nitrogen and oxygen atoms in total. The number of benzene rings is 1. The van der Waals surface area contributed by atoms with Crippen LogP contribution in [0.4, 0.5) is 17.6 Å². The molecule has 2 aliphatic carbocycles. The molecule has 19 heavy (non-hydrogen) atoms. The van der Waals surface area contributed by atoms with E-state index in [0.717, 1.165) is 24.5 Å². The largest absolute Gasteiger partial charge is 0.416 e. The van der Waals surface area contributed by atoms with Gasteiger partial charge in [-0.15, -0.1) is 0 Å². The summed E-state index contributed by atoms with van der Waals surface area (Å²) in [7, 11) is 0. The number of alkyl halides is 3. The van der Waals surface area contributed by atoms with Crippen molar-refractivity contribution < 1.29 is 17.6 Å². The van der Waals surface area contributed by atoms with Gasteiger partial charge in [-0.05, 0) is 42.4 Å². The van der Waals surface area contributed by atoms with E-state index in [1.165, 1.54) is 6.07 Å². The summed E-state index contributed by atoms with van der Waals surface area (Å²) in [5, 5.41) is 0. The van der Waals surface area contributed by atoms with E-state index in [4.69, 9.17) is 5.73 Å². The van der Waals surface area contributed by atoms with Crippen molar-refractivity contribution in [1.82, 2.24) is 0 Å². The predicted octanol–water partition coefficient (Wildman–Crippen LogP) is 3.74. The molecule has 0 bridgehead atoms. The van der Waals surface area contributed by atoms with Crippen LogP contribution in [0.3, 0.4) is 0 Å². The number of allylic oxidation sites excluding steroid dienone is 2. The van der Waals surface area contributed by atoms with Gasteiger partial charge < -0.3 is 5.73 Å². The molecule has 0 atom stereocenters. The Labute approximate surface area is 108 Å². The van der Waals surface area contributed by atoms with Crippen LogP contribution in [-0.2, 0) is 6.18 Å². The fourth-order valence-electron chi connectivity index (χ4n) is 3.09. The smallest absolute Gasteiger partial charge is 0.328 e. The monoisotopic (exact) mass is 271 g/mol. The van der Waals surface area contributed by atoms with E-state index in [2.05, 4.69) is 0 Å². The Bertz CT molecular complexity index is 553. The van der Waals surface area contributed by atoms with Gasteiger partial charge in [0.15, 0.2) is 0 Å². The lowest BCUT2D eigenvalue weighted by molar-refractivity contribution is -0.137. The Kier molecular flexibility index (Phi) is 2.55. The van der Waals surface area contributed by atoms with Crippen molar-refractivity contribution >= 4 is 5.57 Å². The average molecular weight is 271 g/mol. The Hall–Kier alpha value is -1.36. The minimum atomic E-state index is -4.50. The fourth-order valence-corrected chi connectivity index (χ4v) is 3.09. The third kappa shape index (κ3) is 2.06. The minimum Gasteiger partial charge on any atom is -0.328 e. The Morgan fingerprint density at radius 3 is 2.32 bits per heavy atom. The maximum absolute atomic E-state index is 13.7. The molecule has 1 saturated carbocycles. The SMILES string of the molecule is NC1CC2(C=C(c3ccc(C(F)(F)F)cc3F)C2)C1. The van der Waals surface area contributed by atoms with E-state index in [1.807, 2.05) is 6.08 Å². The number of rotatable bonds is 1. The second-order valence-corrected chi connectivity index (χ2v) is 5.57. The zero-order valence-corrected chi connectivity index (χ0v) is 10.1. The topological polar surface area (TPSA) is 26.0 Å². The van der Waals surface area contributed by atoms with E-state index in [-0.39, 0.29) is 17.0 Å². The maximum atomic E-state index is 13.7. The van der Waals surface area contributed by atoms with Gasteiger partial charge in [0.1, 0.15) is 5.82 Å². The molecule has 5 heteroatoms. The molecule has 0 heterocycles. The fraction of sp³-hybridized carbons (Fsp3) is 0.429. The summed E-state index contributed by atoms with van der Waals surface area (Å²) in [5.41, 5.74) is 5.92. The molecule has 0 saturated heterocycles. The Morgan fingerprint density at radius 2 is 1.84 bits per heavy atom. The second-order valence-electron chi connectivity index (χ2n) is 5.57. The van der Waals surface area contributed by atoms with Gasteiger partial charge in [-0.1, -0.05) is 12.1 Å². The molecule has 0 aromatic heterocycles. The van der Waals surface area contributed by atoms with Gasteiger partial charge in [-0.2, -0.15) is 13.2 Å². The molecule has 0 amide bonds. The van der Waals surface area contributed by atoms with Gasteiger partial charge in [0.2, 0.25) is 0 Å². The first-order valence-corrected chi connectivity index (χ1v) is 6.14. The highest BCUT2D eigenvalue weighted by Gasteiger charge is 2.47. The van der Waals surface area contributed by atoms with Crippen molar-refractivity contribution in [2.24, 2.45) is 11.1 Å². The Morgan fingerprint density at radius 1 is 1.21 bits per heavy atom. The Balaban J connectivity index is 1.84. The molecule has 0 radical (unpaired) electrons. The van der Waals surface area contributed by atoms with E-state index >= 15 is 0 Å². The lowest BCUT2D eigenvalue weighted by Gasteiger charge is -2.51. The quantitative estimate of drug-likeness (QED) is 0.774. The van der Waals surface area contributed by atoms with Gasteiger partial charge in [0, 0.05) is 11.6 Å². The van der Waals surface area contributed by atoms with Crippen molar-refractivity contribution in [1.29, 1.82) is 0 Å². The summed E-state index contributed by atoms with van der Waals surface area (Å²) in [5.74, 6) is -0.806. The lowest BCUT2D eigenvalue weighted by atomic mass is 9.55. The minimum absolute atomic E-state index is 0.0872. The first-order valence-electron chi connectivity index (χ1n) is 6.14. The summed E-state index contributed by atoms with van der Waals surface area (Å²) in [6.07, 6.45) is -0.0577. The maximum Gasteiger partial charge on any atom is 0.416 e. The number of hydrogen-bond donors (Lipinski definition) is 1. The third-order valence-electron chi connectivity index (χ3n) is 4.00. The van der Waals surface area contributed by atoms with Crippen LogP contribution in [0, 0.1) is 11.2 Å². The normalized spacial score (nSPS) is 29.7. The van der Waals surface area contributed by atoms with Gasteiger partial charge in [-0.25, -0.2) is 4.39 Å². The average Bonchev–Trinajstić information content (AvgIpc) is 2.20. The molecule has 1 spiro atoms. The van der Waals surface area contributed by atoms with E-state index in [9.17, 15) is 17.6 Å². The van der Waals surface area contributed by atoms with Crippen LogP contribution in [0.25, 0.3) is 5.57 Å². The number of halogens is 4. The summed E-state index contributed by atoms with van der Waals surface area (Å²) in [6, 6.07) is 2.91. The van der Waals surface area contributed by atoms with Gasteiger partial charge >= 0.3 is 6.18 Å². The zero-order valence-electron chi connectivity index (χ0n) is 10.1. The molecule has 3 rings (SSSR count). The summed E-state index contributed by atoms with van der Waals surface area (Å²) < 4.78 is 51.0. The van der Waals surface area contributed by atoms with Gasteiger partial charge in [0.05, 0.1) is 5.56 Å². The molecule has 2 aliphatic rings. The molecule has 1 aromatic rings. The van der Waals surface area contributed by atoms with E-state index in [1.54, 1.807) is 0 Å². The van der Waals surface area contributed by atoms with Crippen molar-refractivity contribution in [2.75, 3.05) is 0 Å². The second kappa shape index (κ2) is 3.82. The molecular weight excluding hydrogens is 258 g/mol. The summed E-state index contributed by atoms with van der Waals surface area (Å²) in [6.45, 7) is 0. The van der Waals surface area contributed by atoms with E-state index < -0.39 is 17.6 Å². The summed E-state index contributed by atoms with van der Waals surface area (Å²) >= 11 is 0. The highest BCUT2D eigenvalue weighted by Crippen LogP contribution is 2.56. The van der Waals surface area contributed by atoms with Gasteiger partial charge in [-0.3, -0.25) is 0 Å². The number of hydrogen-bond acceptors (Lipinski definition) is 1. The van der Waals surface area contributed by atoms with E-state index in [0.29, 0.717) is 12.5 Å². The predicted molar refractivity (Wildman–Crippen MR) is 63.6 cm³/mol. The van der Waals surface area contributed by atoms with Crippen LogP contribution in [-0.4, -0.2) is 6.04 Å². The van der Waals surface area contributed by atoms with Crippen LogP contribution < -0.4 is 5.73 Å². The zero-order chi connectivity index (χ0) is 13.8. The summed E-state index contributed by atoms with van der Waals surface area (Å²) in [4.78, 5) is 0. The highest BCUT2D eigenvalue weighted by atomic mass is 19.4. The molecule has 0 unspecified atom stereocenters. The van der Waals surface area contributed by atoms with Gasteiger partial charge in [0.25, 0.3) is 0 Å². The highest BCUT2D eigenvalue weighted by molar-refractivity contribution is 5.73. The van der Waals surface area contributed by atoms with Crippen LogP contribution in [0.5, 0.6) is 0 Å². The van der Waals surface area contributed by atoms with Crippen LogP contribution in [0.15, 0.2) is 24.3 Å².